The average Bonchev–Trinajstić information content (AvgIpc) is 2.25. The fourth-order valence-electron chi connectivity index (χ4n) is 1.46. The highest BCUT2D eigenvalue weighted by molar-refractivity contribution is 8.13. The van der Waals surface area contributed by atoms with Gasteiger partial charge in [0.15, 0.2) is 6.29 Å². The van der Waals surface area contributed by atoms with Crippen LogP contribution in [0.25, 0.3) is 0 Å². The van der Waals surface area contributed by atoms with E-state index in [0.717, 1.165) is 0 Å². The van der Waals surface area contributed by atoms with E-state index in [9.17, 15) is 13.2 Å². The molecular weight excluding hydrogens is 250 g/mol. The van der Waals surface area contributed by atoms with E-state index >= 15 is 0 Å². The minimum absolute atomic E-state index is 0.0687. The minimum atomic E-state index is -3.90. The quantitative estimate of drug-likeness (QED) is 0.612. The molecule has 0 N–H and O–H groups in total. The van der Waals surface area contributed by atoms with Crippen molar-refractivity contribution in [3.05, 3.63) is 28.8 Å². The molecule has 6 heteroatoms. The van der Waals surface area contributed by atoms with Crippen molar-refractivity contribution in [1.82, 2.24) is 0 Å². The topological polar surface area (TPSA) is 75.0 Å². The number of nitrogens with zero attached hydrogens (tertiary/aromatic N) is 1. The number of halogens is 1. The summed E-state index contributed by atoms with van der Waals surface area (Å²) in [6.07, 6.45) is 0.828. The number of hydrogen-bond acceptors (Lipinski definition) is 4. The molecule has 0 aromatic heterocycles. The van der Waals surface area contributed by atoms with Crippen molar-refractivity contribution in [3.8, 4) is 6.07 Å². The predicted octanol–water partition coefficient (Wildman–Crippen LogP) is 1.86. The van der Waals surface area contributed by atoms with Crippen LogP contribution in [0.1, 0.15) is 28.4 Å². The fourth-order valence-corrected chi connectivity index (χ4v) is 2.66. The van der Waals surface area contributed by atoms with Gasteiger partial charge in [0.05, 0.1) is 10.5 Å². The Morgan fingerprint density at radius 1 is 1.50 bits per heavy atom. The van der Waals surface area contributed by atoms with Crippen molar-refractivity contribution in [2.24, 2.45) is 0 Å². The van der Waals surface area contributed by atoms with Gasteiger partial charge in [-0.05, 0) is 24.1 Å². The lowest BCUT2D eigenvalue weighted by Gasteiger charge is -2.08. The van der Waals surface area contributed by atoms with Gasteiger partial charge in [0.1, 0.15) is 6.07 Å². The van der Waals surface area contributed by atoms with Gasteiger partial charge in [-0.15, -0.1) is 0 Å². The van der Waals surface area contributed by atoms with Crippen molar-refractivity contribution < 1.29 is 13.2 Å². The molecule has 84 valence electrons. The molecule has 0 unspecified atom stereocenters. The normalized spacial score (nSPS) is 10.8. The van der Waals surface area contributed by atoms with Gasteiger partial charge in [-0.1, -0.05) is 6.92 Å². The number of nitriles is 1. The lowest BCUT2D eigenvalue weighted by molar-refractivity contribution is 0.112. The van der Waals surface area contributed by atoms with Crippen LogP contribution in [0.4, 0.5) is 0 Å². The molecule has 4 nitrogen and oxygen atoms in total. The van der Waals surface area contributed by atoms with Crippen LogP contribution in [0.2, 0.25) is 0 Å². The molecule has 0 atom stereocenters. The van der Waals surface area contributed by atoms with Crippen LogP contribution in [-0.2, 0) is 15.5 Å². The summed E-state index contributed by atoms with van der Waals surface area (Å²) in [5.41, 5.74) is 0.518. The van der Waals surface area contributed by atoms with Crippen molar-refractivity contribution in [3.63, 3.8) is 0 Å². The average molecular weight is 258 g/mol. The molecule has 0 aliphatic carbocycles. The SMILES string of the molecule is CCc1c(S(=O)(=O)Cl)ccc(C=O)c1C#N. The van der Waals surface area contributed by atoms with Gasteiger partial charge in [0.2, 0.25) is 0 Å². The Morgan fingerprint density at radius 3 is 2.50 bits per heavy atom. The number of aldehydes is 1. The van der Waals surface area contributed by atoms with Crippen LogP contribution < -0.4 is 0 Å². The molecular formula is C10H8ClNO3S. The highest BCUT2D eigenvalue weighted by atomic mass is 35.7. The summed E-state index contributed by atoms with van der Waals surface area (Å²) < 4.78 is 22.5. The van der Waals surface area contributed by atoms with Crippen LogP contribution in [-0.4, -0.2) is 14.7 Å². The van der Waals surface area contributed by atoms with E-state index in [4.69, 9.17) is 15.9 Å². The molecule has 0 aliphatic heterocycles. The molecule has 0 radical (unpaired) electrons. The summed E-state index contributed by atoms with van der Waals surface area (Å²) in [6.45, 7) is 1.69. The fraction of sp³-hybridized carbons (Fsp3) is 0.200. The monoisotopic (exact) mass is 257 g/mol. The van der Waals surface area contributed by atoms with E-state index < -0.39 is 9.05 Å². The molecule has 16 heavy (non-hydrogen) atoms. The summed E-state index contributed by atoms with van der Waals surface area (Å²) in [5.74, 6) is 0. The second kappa shape index (κ2) is 4.64. The highest BCUT2D eigenvalue weighted by Crippen LogP contribution is 2.25. The molecule has 1 rings (SSSR count). The maximum atomic E-state index is 11.2. The van der Waals surface area contributed by atoms with Gasteiger partial charge in [-0.3, -0.25) is 4.79 Å². The summed E-state index contributed by atoms with van der Waals surface area (Å²) in [6, 6.07) is 4.34. The van der Waals surface area contributed by atoms with Crippen molar-refractivity contribution >= 4 is 26.0 Å². The van der Waals surface area contributed by atoms with E-state index in [1.165, 1.54) is 12.1 Å². The van der Waals surface area contributed by atoms with Crippen LogP contribution in [0, 0.1) is 11.3 Å². The first-order chi connectivity index (χ1) is 7.45. The molecule has 0 fully saturated rings. The standard InChI is InChI=1S/C10H8ClNO3S/c1-2-8-9(5-12)7(6-13)3-4-10(8)16(11,14)15/h3-4,6H,2H2,1H3. The molecule has 1 aromatic rings. The molecule has 0 heterocycles. The van der Waals surface area contributed by atoms with Crippen molar-refractivity contribution in [2.75, 3.05) is 0 Å². The number of carbonyl (C=O) groups excluding carboxylic acids is 1. The number of benzene rings is 1. The van der Waals surface area contributed by atoms with Crippen molar-refractivity contribution in [2.45, 2.75) is 18.2 Å². The Balaban J connectivity index is 3.71. The second-order valence-corrected chi connectivity index (χ2v) is 5.56. The zero-order valence-corrected chi connectivity index (χ0v) is 9.97. The Morgan fingerprint density at radius 2 is 2.12 bits per heavy atom. The number of rotatable bonds is 3. The lowest BCUT2D eigenvalue weighted by Crippen LogP contribution is -2.03. The first-order valence-electron chi connectivity index (χ1n) is 4.41. The maximum Gasteiger partial charge on any atom is 0.261 e. The molecule has 0 saturated heterocycles. The zero-order valence-electron chi connectivity index (χ0n) is 8.40. The zero-order chi connectivity index (χ0) is 12.3. The van der Waals surface area contributed by atoms with E-state index in [2.05, 4.69) is 0 Å². The second-order valence-electron chi connectivity index (χ2n) is 3.03. The van der Waals surface area contributed by atoms with E-state index in [-0.39, 0.29) is 21.6 Å². The molecule has 0 spiro atoms. The maximum absolute atomic E-state index is 11.2. The van der Waals surface area contributed by atoms with Crippen LogP contribution >= 0.6 is 10.7 Å². The van der Waals surface area contributed by atoms with Crippen LogP contribution in [0.15, 0.2) is 17.0 Å². The largest absolute Gasteiger partial charge is 0.298 e. The third-order valence-electron chi connectivity index (χ3n) is 2.16. The summed E-state index contributed by atoms with van der Waals surface area (Å²) in [7, 11) is 1.34. The Bertz CT molecular complexity index is 572. The predicted molar refractivity (Wildman–Crippen MR) is 59.0 cm³/mol. The molecule has 1 aromatic carbocycles. The minimum Gasteiger partial charge on any atom is -0.298 e. The molecule has 0 aliphatic rings. The van der Waals surface area contributed by atoms with Gasteiger partial charge in [-0.2, -0.15) is 5.26 Å². The molecule has 0 bridgehead atoms. The Labute approximate surface area is 97.9 Å². The van der Waals surface area contributed by atoms with Crippen molar-refractivity contribution in [1.29, 1.82) is 5.26 Å². The lowest BCUT2D eigenvalue weighted by atomic mass is 10.0. The Hall–Kier alpha value is -1.38. The third kappa shape index (κ3) is 2.23. The highest BCUT2D eigenvalue weighted by Gasteiger charge is 2.19. The van der Waals surface area contributed by atoms with E-state index in [1.54, 1.807) is 6.92 Å². The van der Waals surface area contributed by atoms with E-state index in [1.807, 2.05) is 6.07 Å². The molecule has 0 saturated carbocycles. The first kappa shape index (κ1) is 12.7. The molecule has 0 amide bonds. The number of hydrogen-bond donors (Lipinski definition) is 0. The first-order valence-corrected chi connectivity index (χ1v) is 6.72. The summed E-state index contributed by atoms with van der Waals surface area (Å²) in [5, 5.41) is 8.90. The van der Waals surface area contributed by atoms with Crippen LogP contribution in [0.3, 0.4) is 0 Å². The number of carbonyl (C=O) groups is 1. The van der Waals surface area contributed by atoms with Gasteiger partial charge < -0.3 is 0 Å². The van der Waals surface area contributed by atoms with Gasteiger partial charge in [-0.25, -0.2) is 8.42 Å². The van der Waals surface area contributed by atoms with E-state index in [0.29, 0.717) is 12.7 Å². The van der Waals surface area contributed by atoms with Gasteiger partial charge in [0, 0.05) is 16.2 Å². The third-order valence-corrected chi connectivity index (χ3v) is 3.56. The van der Waals surface area contributed by atoms with Gasteiger partial charge in [0.25, 0.3) is 9.05 Å². The van der Waals surface area contributed by atoms with Gasteiger partial charge >= 0.3 is 0 Å². The Kier molecular flexibility index (Phi) is 3.68. The summed E-state index contributed by atoms with van der Waals surface area (Å²) in [4.78, 5) is 10.6. The van der Waals surface area contributed by atoms with Crippen LogP contribution in [0.5, 0.6) is 0 Å². The smallest absolute Gasteiger partial charge is 0.261 e. The summed E-state index contributed by atoms with van der Waals surface area (Å²) >= 11 is 0.